The molecule has 214 valence electrons. The Morgan fingerprint density at radius 2 is 1.57 bits per heavy atom. The van der Waals surface area contributed by atoms with Crippen molar-refractivity contribution in [3.8, 4) is 28.0 Å². The van der Waals surface area contributed by atoms with Crippen molar-refractivity contribution >= 4 is 5.97 Å². The van der Waals surface area contributed by atoms with Crippen LogP contribution in [0.15, 0.2) is 54.6 Å². The highest BCUT2D eigenvalue weighted by Gasteiger charge is 2.26. The summed E-state index contributed by atoms with van der Waals surface area (Å²) in [6.45, 7) is 4.68. The van der Waals surface area contributed by atoms with Crippen LogP contribution in [0, 0.1) is 23.4 Å². The van der Waals surface area contributed by atoms with Crippen LogP contribution >= 0.6 is 0 Å². The third-order valence-electron chi connectivity index (χ3n) is 7.35. The van der Waals surface area contributed by atoms with Gasteiger partial charge in [-0.25, -0.2) is 13.6 Å². The zero-order valence-electron chi connectivity index (χ0n) is 23.2. The summed E-state index contributed by atoms with van der Waals surface area (Å²) < 4.78 is 60.1. The van der Waals surface area contributed by atoms with Crippen molar-refractivity contribution < 1.29 is 32.2 Å². The van der Waals surface area contributed by atoms with Gasteiger partial charge in [0.15, 0.2) is 11.6 Å². The molecule has 2 atom stereocenters. The van der Waals surface area contributed by atoms with Crippen molar-refractivity contribution in [3.63, 3.8) is 0 Å². The number of hydrogen-bond acceptors (Lipinski definition) is 4. The molecule has 2 unspecified atom stereocenters. The molecule has 40 heavy (non-hydrogen) atoms. The summed E-state index contributed by atoms with van der Waals surface area (Å²) in [6, 6.07) is 13.8. The summed E-state index contributed by atoms with van der Waals surface area (Å²) in [6.07, 6.45) is 8.19. The van der Waals surface area contributed by atoms with Gasteiger partial charge in [0.2, 0.25) is 12.1 Å². The van der Waals surface area contributed by atoms with E-state index >= 15 is 0 Å². The second kappa shape index (κ2) is 14.4. The Bertz CT molecular complexity index is 1270. The topological polar surface area (TPSA) is 44.8 Å². The molecule has 0 aliphatic carbocycles. The average molecular weight is 555 g/mol. The molecule has 1 fully saturated rings. The number of esters is 1. The van der Waals surface area contributed by atoms with Crippen LogP contribution in [0.3, 0.4) is 0 Å². The molecule has 3 aromatic carbocycles. The normalized spacial score (nSPS) is 17.0. The molecule has 1 heterocycles. The first-order valence-electron chi connectivity index (χ1n) is 14.2. The van der Waals surface area contributed by atoms with E-state index in [4.69, 9.17) is 14.2 Å². The first kappa shape index (κ1) is 29.7. The van der Waals surface area contributed by atoms with Gasteiger partial charge in [-0.3, -0.25) is 0 Å². The summed E-state index contributed by atoms with van der Waals surface area (Å²) in [7, 11) is 0. The van der Waals surface area contributed by atoms with Gasteiger partial charge in [0.05, 0.1) is 18.8 Å². The molecule has 0 amide bonds. The molecule has 1 saturated heterocycles. The monoisotopic (exact) mass is 554 g/mol. The van der Waals surface area contributed by atoms with E-state index in [9.17, 15) is 18.0 Å². The Morgan fingerprint density at radius 3 is 2.25 bits per heavy atom. The fourth-order valence-electron chi connectivity index (χ4n) is 5.05. The van der Waals surface area contributed by atoms with Crippen molar-refractivity contribution in [1.82, 2.24) is 0 Å². The van der Waals surface area contributed by atoms with Gasteiger partial charge < -0.3 is 14.2 Å². The molecule has 3 aromatic rings. The Labute approximate surface area is 234 Å². The predicted molar refractivity (Wildman–Crippen MR) is 150 cm³/mol. The van der Waals surface area contributed by atoms with Crippen LogP contribution in [0.1, 0.15) is 75.6 Å². The van der Waals surface area contributed by atoms with Crippen molar-refractivity contribution in [2.75, 3.05) is 13.2 Å². The van der Waals surface area contributed by atoms with Crippen LogP contribution in [0.25, 0.3) is 22.3 Å². The van der Waals surface area contributed by atoms with Crippen LogP contribution < -0.4 is 4.74 Å². The average Bonchev–Trinajstić information content (AvgIpc) is 2.96. The summed E-state index contributed by atoms with van der Waals surface area (Å²) in [5, 5.41) is 0. The third kappa shape index (κ3) is 7.45. The molecule has 7 heteroatoms. The molecule has 0 N–H and O–H groups in total. The minimum atomic E-state index is -1.04. The fraction of sp³-hybridized carbons (Fsp3) is 0.424. The number of unbranched alkanes of at least 4 members (excludes halogenated alkanes) is 4. The lowest BCUT2D eigenvalue weighted by Crippen LogP contribution is -2.30. The Kier molecular flexibility index (Phi) is 10.6. The van der Waals surface area contributed by atoms with E-state index < -0.39 is 29.7 Å². The Morgan fingerprint density at radius 1 is 0.850 bits per heavy atom. The zero-order chi connectivity index (χ0) is 28.5. The Hall–Kier alpha value is -3.32. The maximum absolute atomic E-state index is 14.9. The molecular weight excluding hydrogens is 517 g/mol. The molecule has 1 aliphatic rings. The van der Waals surface area contributed by atoms with Crippen molar-refractivity contribution in [1.29, 1.82) is 0 Å². The van der Waals surface area contributed by atoms with Crippen molar-refractivity contribution in [2.24, 2.45) is 5.92 Å². The summed E-state index contributed by atoms with van der Waals surface area (Å²) in [5.74, 6) is -3.15. The predicted octanol–water partition coefficient (Wildman–Crippen LogP) is 9.11. The largest absolute Gasteiger partial charge is 0.491 e. The number of benzene rings is 3. The lowest BCUT2D eigenvalue weighted by Gasteiger charge is -2.28. The fourth-order valence-corrected chi connectivity index (χ4v) is 5.05. The summed E-state index contributed by atoms with van der Waals surface area (Å²) in [5.41, 5.74) is 1.60. The van der Waals surface area contributed by atoms with Gasteiger partial charge >= 0.3 is 5.97 Å². The van der Waals surface area contributed by atoms with Crippen LogP contribution in [-0.4, -0.2) is 25.5 Å². The Balaban J connectivity index is 1.33. The number of carbonyl (C=O) groups excluding carboxylic acids is 1. The highest BCUT2D eigenvalue weighted by atomic mass is 19.2. The first-order valence-corrected chi connectivity index (χ1v) is 14.2. The van der Waals surface area contributed by atoms with Gasteiger partial charge in [-0.15, -0.1) is 0 Å². The minimum Gasteiger partial charge on any atom is -0.491 e. The van der Waals surface area contributed by atoms with Gasteiger partial charge in [0.25, 0.3) is 0 Å². The second-order valence-corrected chi connectivity index (χ2v) is 10.3. The van der Waals surface area contributed by atoms with Crippen LogP contribution in [0.2, 0.25) is 0 Å². The standard InChI is InChI=1S/C33H37F3O4/c1-3-5-6-7-8-9-22-10-19-30(39-21-22)40-33(37)27-16-15-25(20-28(27)34)23-11-13-24(14-12-23)26-17-18-29(38-4-2)32(36)31(26)35/h11-18,20,22,30H,3-10,19,21H2,1-2H3. The molecule has 4 rings (SSSR count). The van der Waals surface area contributed by atoms with Gasteiger partial charge in [-0.1, -0.05) is 69.4 Å². The molecule has 0 radical (unpaired) electrons. The quantitative estimate of drug-likeness (QED) is 0.165. The van der Waals surface area contributed by atoms with Crippen LogP contribution in [-0.2, 0) is 9.47 Å². The van der Waals surface area contributed by atoms with Crippen LogP contribution in [0.4, 0.5) is 13.2 Å². The highest BCUT2D eigenvalue weighted by molar-refractivity contribution is 5.90. The van der Waals surface area contributed by atoms with Gasteiger partial charge in [-0.2, -0.15) is 4.39 Å². The molecule has 0 spiro atoms. The van der Waals surface area contributed by atoms with Crippen LogP contribution in [0.5, 0.6) is 5.75 Å². The number of ether oxygens (including phenoxy) is 3. The smallest absolute Gasteiger partial charge is 0.343 e. The lowest BCUT2D eigenvalue weighted by atomic mass is 9.95. The van der Waals surface area contributed by atoms with E-state index in [1.54, 1.807) is 37.3 Å². The van der Waals surface area contributed by atoms with E-state index in [0.717, 1.165) is 12.8 Å². The van der Waals surface area contributed by atoms with Gasteiger partial charge in [0, 0.05) is 12.0 Å². The maximum atomic E-state index is 14.9. The lowest BCUT2D eigenvalue weighted by molar-refractivity contribution is -0.146. The van der Waals surface area contributed by atoms with E-state index in [-0.39, 0.29) is 23.5 Å². The second-order valence-electron chi connectivity index (χ2n) is 10.3. The van der Waals surface area contributed by atoms with E-state index in [2.05, 4.69) is 6.92 Å². The van der Waals surface area contributed by atoms with Gasteiger partial charge in [-0.05, 0) is 66.6 Å². The number of hydrogen-bond donors (Lipinski definition) is 0. The summed E-state index contributed by atoms with van der Waals surface area (Å²) in [4.78, 5) is 12.6. The SMILES string of the molecule is CCCCCCCC1CCC(OC(=O)c2ccc(-c3ccc(-c4ccc(OCC)c(F)c4F)cc3)cc2F)OC1. The maximum Gasteiger partial charge on any atom is 0.343 e. The van der Waals surface area contributed by atoms with Gasteiger partial charge in [0.1, 0.15) is 5.82 Å². The zero-order valence-corrected chi connectivity index (χ0v) is 23.2. The number of halogens is 3. The molecule has 0 aromatic heterocycles. The number of carbonyl (C=O) groups is 1. The minimum absolute atomic E-state index is 0.0972. The third-order valence-corrected chi connectivity index (χ3v) is 7.35. The van der Waals surface area contributed by atoms with E-state index in [1.165, 1.54) is 56.4 Å². The molecule has 4 nitrogen and oxygen atoms in total. The molecule has 0 bridgehead atoms. The highest BCUT2D eigenvalue weighted by Crippen LogP contribution is 2.32. The van der Waals surface area contributed by atoms with E-state index in [0.29, 0.717) is 35.6 Å². The number of rotatable bonds is 12. The summed E-state index contributed by atoms with van der Waals surface area (Å²) >= 11 is 0. The van der Waals surface area contributed by atoms with Crippen molar-refractivity contribution in [3.05, 3.63) is 77.6 Å². The first-order chi connectivity index (χ1) is 19.4. The molecule has 0 saturated carbocycles. The molecule has 1 aliphatic heterocycles. The van der Waals surface area contributed by atoms with Crippen molar-refractivity contribution in [2.45, 2.75) is 71.5 Å². The van der Waals surface area contributed by atoms with E-state index in [1.807, 2.05) is 0 Å². The molecular formula is C33H37F3O4.